The van der Waals surface area contributed by atoms with Gasteiger partial charge in [0.25, 0.3) is 0 Å². The molecule has 0 bridgehead atoms. The van der Waals surface area contributed by atoms with Gasteiger partial charge < -0.3 is 0 Å². The van der Waals surface area contributed by atoms with Crippen molar-refractivity contribution in [2.24, 2.45) is 0 Å². The Bertz CT molecular complexity index is 774. The Balaban J connectivity index is 2.14. The molecule has 0 radical (unpaired) electrons. The first-order valence-corrected chi connectivity index (χ1v) is 6.27. The topological polar surface area (TPSA) is 25.8 Å². The zero-order valence-corrected chi connectivity index (χ0v) is 11.1. The fraction of sp³-hybridized carbons (Fsp3) is 0. The number of rotatable bonds is 1. The second-order valence-electron chi connectivity index (χ2n) is 4.02. The fourth-order valence-electron chi connectivity index (χ4n) is 1.78. The maximum absolute atomic E-state index is 13.1. The third-order valence-electron chi connectivity index (χ3n) is 2.72. The number of halogens is 3. The van der Waals surface area contributed by atoms with E-state index in [9.17, 15) is 4.39 Å². The van der Waals surface area contributed by atoms with Crippen molar-refractivity contribution in [3.63, 3.8) is 0 Å². The van der Waals surface area contributed by atoms with Gasteiger partial charge in [-0.3, -0.25) is 4.98 Å². The Labute approximate surface area is 118 Å². The van der Waals surface area contributed by atoms with Crippen LogP contribution in [-0.4, -0.2) is 9.97 Å². The molecule has 0 fully saturated rings. The van der Waals surface area contributed by atoms with Gasteiger partial charge in [-0.15, -0.1) is 0 Å². The normalized spacial score (nSPS) is 10.9. The van der Waals surface area contributed by atoms with Gasteiger partial charge in [0, 0.05) is 11.6 Å². The molecule has 0 N–H and O–H groups in total. The summed E-state index contributed by atoms with van der Waals surface area (Å²) >= 11 is 11.8. The number of hydrogen-bond acceptors (Lipinski definition) is 2. The molecule has 3 rings (SSSR count). The highest BCUT2D eigenvalue weighted by Crippen LogP contribution is 2.28. The molecule has 94 valence electrons. The molecule has 19 heavy (non-hydrogen) atoms. The van der Waals surface area contributed by atoms with Gasteiger partial charge in [0.15, 0.2) is 0 Å². The van der Waals surface area contributed by atoms with Gasteiger partial charge in [-0.25, -0.2) is 9.37 Å². The van der Waals surface area contributed by atoms with Crippen molar-refractivity contribution in [2.45, 2.75) is 0 Å². The molecule has 0 aliphatic heterocycles. The Morgan fingerprint density at radius 1 is 0.895 bits per heavy atom. The first-order valence-electron chi connectivity index (χ1n) is 5.51. The molecule has 3 aromatic rings. The lowest BCUT2D eigenvalue weighted by molar-refractivity contribution is 0.629. The molecule has 0 saturated heterocycles. The molecule has 0 aliphatic carbocycles. The van der Waals surface area contributed by atoms with Crippen molar-refractivity contribution < 1.29 is 4.39 Å². The molecule has 1 aromatic heterocycles. The molecule has 0 atom stereocenters. The van der Waals surface area contributed by atoms with Gasteiger partial charge in [-0.05, 0) is 24.3 Å². The average Bonchev–Trinajstić information content (AvgIpc) is 2.41. The Morgan fingerprint density at radius 2 is 1.74 bits per heavy atom. The quantitative estimate of drug-likeness (QED) is 0.647. The molecule has 0 unspecified atom stereocenters. The number of fused-ring (bicyclic) bond motifs is 1. The summed E-state index contributed by atoms with van der Waals surface area (Å²) in [7, 11) is 0. The summed E-state index contributed by atoms with van der Waals surface area (Å²) in [6.45, 7) is 0. The highest BCUT2D eigenvalue weighted by Gasteiger charge is 2.06. The summed E-state index contributed by atoms with van der Waals surface area (Å²) in [5, 5.41) is 0.946. The standard InChI is InChI=1S/C14H7Cl2FN2/c15-10-3-1-8(5-11(10)16)14-7-18-13-6-9(17)2-4-12(13)19-14/h1-7H. The highest BCUT2D eigenvalue weighted by atomic mass is 35.5. The third kappa shape index (κ3) is 2.39. The lowest BCUT2D eigenvalue weighted by atomic mass is 10.1. The Kier molecular flexibility index (Phi) is 3.09. The van der Waals surface area contributed by atoms with Crippen LogP contribution in [0, 0.1) is 5.82 Å². The van der Waals surface area contributed by atoms with Crippen LogP contribution in [0.4, 0.5) is 4.39 Å². The molecule has 0 spiro atoms. The summed E-state index contributed by atoms with van der Waals surface area (Å²) in [5.41, 5.74) is 2.62. The molecule has 0 aliphatic rings. The van der Waals surface area contributed by atoms with Gasteiger partial charge in [-0.1, -0.05) is 29.3 Å². The molecule has 1 heterocycles. The highest BCUT2D eigenvalue weighted by molar-refractivity contribution is 6.42. The largest absolute Gasteiger partial charge is 0.252 e. The summed E-state index contributed by atoms with van der Waals surface area (Å²) in [6, 6.07) is 9.54. The zero-order valence-electron chi connectivity index (χ0n) is 9.57. The minimum absolute atomic E-state index is 0.330. The number of hydrogen-bond donors (Lipinski definition) is 0. The first kappa shape index (κ1) is 12.3. The predicted molar refractivity (Wildman–Crippen MR) is 75.0 cm³/mol. The lowest BCUT2D eigenvalue weighted by Gasteiger charge is -2.04. The molecular weight excluding hydrogens is 286 g/mol. The van der Waals surface area contributed by atoms with Crippen LogP contribution >= 0.6 is 23.2 Å². The second-order valence-corrected chi connectivity index (χ2v) is 4.83. The van der Waals surface area contributed by atoms with Crippen LogP contribution in [0.15, 0.2) is 42.6 Å². The van der Waals surface area contributed by atoms with E-state index in [1.807, 2.05) is 6.07 Å². The van der Waals surface area contributed by atoms with E-state index in [-0.39, 0.29) is 5.82 Å². The predicted octanol–water partition coefficient (Wildman–Crippen LogP) is 4.74. The van der Waals surface area contributed by atoms with E-state index >= 15 is 0 Å². The van der Waals surface area contributed by atoms with Gasteiger partial charge in [0.2, 0.25) is 0 Å². The van der Waals surface area contributed by atoms with E-state index in [4.69, 9.17) is 23.2 Å². The SMILES string of the molecule is Fc1ccc2nc(-c3ccc(Cl)c(Cl)c3)cnc2c1. The molecule has 0 amide bonds. The molecule has 0 saturated carbocycles. The van der Waals surface area contributed by atoms with Crippen LogP contribution in [0.2, 0.25) is 10.0 Å². The minimum Gasteiger partial charge on any atom is -0.252 e. The van der Waals surface area contributed by atoms with Crippen molar-refractivity contribution in [1.82, 2.24) is 9.97 Å². The fourth-order valence-corrected chi connectivity index (χ4v) is 2.08. The molecule has 2 nitrogen and oxygen atoms in total. The van der Waals surface area contributed by atoms with Gasteiger partial charge in [0.1, 0.15) is 5.82 Å². The van der Waals surface area contributed by atoms with Crippen LogP contribution in [0.5, 0.6) is 0 Å². The number of nitrogens with zero attached hydrogens (tertiary/aromatic N) is 2. The molecule has 5 heteroatoms. The first-order chi connectivity index (χ1) is 9.13. The number of aromatic nitrogens is 2. The van der Waals surface area contributed by atoms with Crippen molar-refractivity contribution >= 4 is 34.2 Å². The lowest BCUT2D eigenvalue weighted by Crippen LogP contribution is -1.89. The van der Waals surface area contributed by atoms with Crippen molar-refractivity contribution in [1.29, 1.82) is 0 Å². The van der Waals surface area contributed by atoms with Crippen LogP contribution < -0.4 is 0 Å². The van der Waals surface area contributed by atoms with Crippen LogP contribution in [-0.2, 0) is 0 Å². The van der Waals surface area contributed by atoms with Crippen molar-refractivity contribution in [3.05, 3.63) is 58.5 Å². The molecular formula is C14H7Cl2FN2. The smallest absolute Gasteiger partial charge is 0.125 e. The maximum Gasteiger partial charge on any atom is 0.125 e. The second kappa shape index (κ2) is 4.76. The van der Waals surface area contributed by atoms with Crippen molar-refractivity contribution in [3.8, 4) is 11.3 Å². The van der Waals surface area contributed by atoms with E-state index < -0.39 is 0 Å². The molecule has 2 aromatic carbocycles. The van der Waals surface area contributed by atoms with E-state index in [0.29, 0.717) is 26.8 Å². The van der Waals surface area contributed by atoms with E-state index in [0.717, 1.165) is 5.56 Å². The summed E-state index contributed by atoms with van der Waals surface area (Å²) in [6.07, 6.45) is 1.58. The Morgan fingerprint density at radius 3 is 2.53 bits per heavy atom. The monoisotopic (exact) mass is 292 g/mol. The van der Waals surface area contributed by atoms with E-state index in [2.05, 4.69) is 9.97 Å². The third-order valence-corrected chi connectivity index (χ3v) is 3.46. The number of benzene rings is 2. The van der Waals surface area contributed by atoms with Crippen molar-refractivity contribution in [2.75, 3.05) is 0 Å². The van der Waals surface area contributed by atoms with Crippen LogP contribution in [0.1, 0.15) is 0 Å². The average molecular weight is 293 g/mol. The Hall–Kier alpha value is -1.71. The van der Waals surface area contributed by atoms with E-state index in [1.165, 1.54) is 12.1 Å². The van der Waals surface area contributed by atoms with Gasteiger partial charge in [0.05, 0.1) is 33.0 Å². The van der Waals surface area contributed by atoms with Gasteiger partial charge in [-0.2, -0.15) is 0 Å². The van der Waals surface area contributed by atoms with E-state index in [1.54, 1.807) is 24.4 Å². The summed E-state index contributed by atoms with van der Waals surface area (Å²) in [4.78, 5) is 8.62. The maximum atomic E-state index is 13.1. The minimum atomic E-state index is -0.330. The van der Waals surface area contributed by atoms with Crippen LogP contribution in [0.25, 0.3) is 22.3 Å². The van der Waals surface area contributed by atoms with Crippen LogP contribution in [0.3, 0.4) is 0 Å². The summed E-state index contributed by atoms with van der Waals surface area (Å²) < 4.78 is 13.1. The van der Waals surface area contributed by atoms with Gasteiger partial charge >= 0.3 is 0 Å². The zero-order chi connectivity index (χ0) is 13.4. The summed E-state index contributed by atoms with van der Waals surface area (Å²) in [5.74, 6) is -0.330.